The second-order valence-electron chi connectivity index (χ2n) is 5.12. The number of carboxylic acids is 1. The van der Waals surface area contributed by atoms with E-state index >= 15 is 0 Å². The van der Waals surface area contributed by atoms with Gasteiger partial charge >= 0.3 is 6.61 Å². The average Bonchev–Trinajstić information content (AvgIpc) is 2.99. The lowest BCUT2D eigenvalue weighted by Gasteiger charge is -2.09. The molecular weight excluding hydrogens is 332 g/mol. The number of ether oxygens (including phenoxy) is 1. The lowest BCUT2D eigenvalue weighted by atomic mass is 10.1. The van der Waals surface area contributed by atoms with Crippen LogP contribution in [0.1, 0.15) is 17.9 Å². The predicted molar refractivity (Wildman–Crippen MR) is 84.6 cm³/mol. The number of hydrogen-bond acceptors (Lipinski definition) is 5. The van der Waals surface area contributed by atoms with E-state index < -0.39 is 19.0 Å². The number of halogens is 2. The van der Waals surface area contributed by atoms with Crippen molar-refractivity contribution in [2.45, 2.75) is 13.0 Å². The normalized spacial score (nSPS) is 11.9. The number of aromatic nitrogens is 1. The highest BCUT2D eigenvalue weighted by molar-refractivity contribution is 5.91. The molecule has 0 fully saturated rings. The lowest BCUT2D eigenvalue weighted by molar-refractivity contribution is -0.304. The highest BCUT2D eigenvalue weighted by Crippen LogP contribution is 2.29. The molecule has 0 spiro atoms. The van der Waals surface area contributed by atoms with Crippen LogP contribution < -0.4 is 9.84 Å². The zero-order valence-electron chi connectivity index (χ0n) is 12.8. The number of para-hydroxylation sites is 3. The lowest BCUT2D eigenvalue weighted by Crippen LogP contribution is -2.22. The van der Waals surface area contributed by atoms with Gasteiger partial charge in [0.2, 0.25) is 5.89 Å². The number of aliphatic carboxylic acids is 1. The van der Waals surface area contributed by atoms with E-state index in [1.807, 2.05) is 0 Å². The van der Waals surface area contributed by atoms with E-state index in [9.17, 15) is 18.7 Å². The van der Waals surface area contributed by atoms with Gasteiger partial charge in [0.15, 0.2) is 5.58 Å². The maximum absolute atomic E-state index is 12.5. The minimum Gasteiger partial charge on any atom is -0.550 e. The molecule has 0 N–H and O–H groups in total. The highest BCUT2D eigenvalue weighted by Gasteiger charge is 2.14. The number of carbonyl (C=O) groups excluding carboxylic acids is 1. The molecule has 1 heterocycles. The molecule has 0 unspecified atom stereocenters. The average molecular weight is 344 g/mol. The third-order valence-corrected chi connectivity index (χ3v) is 3.37. The summed E-state index contributed by atoms with van der Waals surface area (Å²) in [5.41, 5.74) is 1.50. The fourth-order valence-electron chi connectivity index (χ4n) is 2.34. The van der Waals surface area contributed by atoms with Gasteiger partial charge in [-0.3, -0.25) is 0 Å². The molecule has 0 aliphatic carbocycles. The molecule has 0 saturated carbocycles. The largest absolute Gasteiger partial charge is 0.550 e. The molecule has 2 aromatic carbocycles. The Labute approximate surface area is 141 Å². The number of oxazole rings is 1. The number of alkyl halides is 2. The first-order chi connectivity index (χ1) is 12.0. The molecule has 7 heteroatoms. The summed E-state index contributed by atoms with van der Waals surface area (Å²) in [6.07, 6.45) is 0.897. The standard InChI is InChI=1S/C18H13F2NO4/c19-18(20)25-14-7-3-1-5-11(14)9-12(10-16(22)23)17-21-13-6-2-4-8-15(13)24-17/h1-9,18H,10H2,(H,22,23)/p-1/b12-9+. The van der Waals surface area contributed by atoms with Gasteiger partial charge in [0.25, 0.3) is 0 Å². The Morgan fingerprint density at radius 3 is 2.64 bits per heavy atom. The molecule has 0 aliphatic heterocycles. The van der Waals surface area contributed by atoms with E-state index in [4.69, 9.17) is 4.42 Å². The first-order valence-electron chi connectivity index (χ1n) is 7.33. The zero-order chi connectivity index (χ0) is 17.8. The van der Waals surface area contributed by atoms with Gasteiger partial charge in [0.05, 0.1) is 0 Å². The minimum atomic E-state index is -3.00. The summed E-state index contributed by atoms with van der Waals surface area (Å²) in [4.78, 5) is 15.3. The Morgan fingerprint density at radius 1 is 1.20 bits per heavy atom. The third kappa shape index (κ3) is 4.00. The quantitative estimate of drug-likeness (QED) is 0.687. The molecule has 25 heavy (non-hydrogen) atoms. The van der Waals surface area contributed by atoms with Crippen LogP contribution in [0.4, 0.5) is 8.78 Å². The van der Waals surface area contributed by atoms with E-state index in [0.29, 0.717) is 11.1 Å². The van der Waals surface area contributed by atoms with Gasteiger partial charge in [-0.1, -0.05) is 30.3 Å². The van der Waals surface area contributed by atoms with E-state index in [0.717, 1.165) is 0 Å². The summed E-state index contributed by atoms with van der Waals surface area (Å²) in [7, 11) is 0. The van der Waals surface area contributed by atoms with E-state index in [-0.39, 0.29) is 22.8 Å². The Bertz CT molecular complexity index is 900. The summed E-state index contributed by atoms with van der Waals surface area (Å²) < 4.78 is 35.1. The van der Waals surface area contributed by atoms with Crippen molar-refractivity contribution in [1.82, 2.24) is 4.98 Å². The third-order valence-electron chi connectivity index (χ3n) is 3.37. The maximum atomic E-state index is 12.5. The van der Waals surface area contributed by atoms with Crippen LogP contribution in [0.3, 0.4) is 0 Å². The van der Waals surface area contributed by atoms with Gasteiger partial charge in [-0.25, -0.2) is 4.98 Å². The molecule has 0 saturated heterocycles. The van der Waals surface area contributed by atoms with Gasteiger partial charge in [-0.05, 0) is 24.3 Å². The number of rotatable bonds is 6. The summed E-state index contributed by atoms with van der Waals surface area (Å²) in [5.74, 6) is -1.34. The van der Waals surface area contributed by atoms with Crippen molar-refractivity contribution in [2.75, 3.05) is 0 Å². The Morgan fingerprint density at radius 2 is 1.92 bits per heavy atom. The van der Waals surface area contributed by atoms with Crippen molar-refractivity contribution >= 4 is 28.7 Å². The van der Waals surface area contributed by atoms with Crippen molar-refractivity contribution in [3.05, 3.63) is 60.0 Å². The van der Waals surface area contributed by atoms with Gasteiger partial charge in [-0.2, -0.15) is 8.78 Å². The van der Waals surface area contributed by atoms with Crippen molar-refractivity contribution in [3.63, 3.8) is 0 Å². The molecule has 3 aromatic rings. The molecule has 3 rings (SSSR count). The van der Waals surface area contributed by atoms with Crippen LogP contribution in [-0.2, 0) is 4.79 Å². The fraction of sp³-hybridized carbons (Fsp3) is 0.111. The topological polar surface area (TPSA) is 75.4 Å². The predicted octanol–water partition coefficient (Wildman–Crippen LogP) is 3.11. The smallest absolute Gasteiger partial charge is 0.387 e. The summed E-state index contributed by atoms with van der Waals surface area (Å²) in [5, 5.41) is 11.1. The molecule has 128 valence electrons. The van der Waals surface area contributed by atoms with Gasteiger partial charge < -0.3 is 19.1 Å². The molecule has 0 amide bonds. The zero-order valence-corrected chi connectivity index (χ0v) is 12.8. The molecular formula is C18H12F2NO4-. The number of carbonyl (C=O) groups is 1. The van der Waals surface area contributed by atoms with Crippen LogP contribution in [0.15, 0.2) is 52.9 Å². The summed E-state index contributed by atoms with van der Waals surface area (Å²) in [6.45, 7) is -3.00. The van der Waals surface area contributed by atoms with Gasteiger partial charge in [0, 0.05) is 23.5 Å². The number of benzene rings is 2. The SMILES string of the molecule is O=C([O-])C/C(=C\c1ccccc1OC(F)F)c1nc2ccccc2o1. The van der Waals surface area contributed by atoms with Crippen LogP contribution >= 0.6 is 0 Å². The Kier molecular flexibility index (Phi) is 4.74. The number of fused-ring (bicyclic) bond motifs is 1. The van der Waals surface area contributed by atoms with Crippen LogP contribution in [-0.4, -0.2) is 17.6 Å². The van der Waals surface area contributed by atoms with E-state index in [1.54, 1.807) is 30.3 Å². The first kappa shape index (κ1) is 16.6. The Hall–Kier alpha value is -3.22. The second-order valence-corrected chi connectivity index (χ2v) is 5.12. The minimum absolute atomic E-state index is 0.0792. The first-order valence-corrected chi connectivity index (χ1v) is 7.33. The summed E-state index contributed by atoms with van der Waals surface area (Å²) in [6, 6.07) is 13.0. The molecule has 0 aliphatic rings. The van der Waals surface area contributed by atoms with Crippen LogP contribution in [0.25, 0.3) is 22.7 Å². The van der Waals surface area contributed by atoms with Crippen molar-refractivity contribution in [2.24, 2.45) is 0 Å². The van der Waals surface area contributed by atoms with Crippen molar-refractivity contribution in [3.8, 4) is 5.75 Å². The maximum Gasteiger partial charge on any atom is 0.387 e. The fourth-order valence-corrected chi connectivity index (χ4v) is 2.34. The van der Waals surface area contributed by atoms with Gasteiger partial charge in [-0.15, -0.1) is 0 Å². The number of hydrogen-bond donors (Lipinski definition) is 0. The van der Waals surface area contributed by atoms with Crippen molar-refractivity contribution in [1.29, 1.82) is 0 Å². The number of nitrogens with zero attached hydrogens (tertiary/aromatic N) is 1. The van der Waals surface area contributed by atoms with E-state index in [2.05, 4.69) is 9.72 Å². The van der Waals surface area contributed by atoms with Crippen molar-refractivity contribution < 1.29 is 27.8 Å². The second kappa shape index (κ2) is 7.12. The Balaban J connectivity index is 2.07. The summed E-state index contributed by atoms with van der Waals surface area (Å²) >= 11 is 0. The van der Waals surface area contributed by atoms with Crippen LogP contribution in [0, 0.1) is 0 Å². The molecule has 1 aromatic heterocycles. The number of carboxylic acid groups (broad SMARTS) is 1. The van der Waals surface area contributed by atoms with Crippen LogP contribution in [0.2, 0.25) is 0 Å². The molecule has 0 radical (unpaired) electrons. The molecule has 0 atom stereocenters. The van der Waals surface area contributed by atoms with Gasteiger partial charge in [0.1, 0.15) is 11.3 Å². The molecule has 5 nitrogen and oxygen atoms in total. The monoisotopic (exact) mass is 344 g/mol. The van der Waals surface area contributed by atoms with Crippen LogP contribution in [0.5, 0.6) is 5.75 Å². The highest BCUT2D eigenvalue weighted by atomic mass is 19.3. The molecule has 0 bridgehead atoms. The van der Waals surface area contributed by atoms with E-state index in [1.165, 1.54) is 24.3 Å².